The van der Waals surface area contributed by atoms with Gasteiger partial charge >= 0.3 is 5.97 Å². The van der Waals surface area contributed by atoms with Gasteiger partial charge in [0.05, 0.1) is 23.5 Å². The number of aryl methyl sites for hydroxylation is 2. The molecule has 0 amide bonds. The number of benzene rings is 2. The van der Waals surface area contributed by atoms with Crippen LogP contribution >= 0.6 is 0 Å². The van der Waals surface area contributed by atoms with Crippen molar-refractivity contribution in [2.75, 3.05) is 6.61 Å². The molecule has 0 atom stereocenters. The molecule has 28 heavy (non-hydrogen) atoms. The van der Waals surface area contributed by atoms with E-state index >= 15 is 0 Å². The zero-order chi connectivity index (χ0) is 19.7. The summed E-state index contributed by atoms with van der Waals surface area (Å²) in [6.07, 6.45) is 1.95. The summed E-state index contributed by atoms with van der Waals surface area (Å²) in [7, 11) is 0. The summed E-state index contributed by atoms with van der Waals surface area (Å²) >= 11 is 0. The Morgan fingerprint density at radius 2 is 1.75 bits per heavy atom. The molecular formula is C23H21N3O2. The number of ether oxygens (including phenoxy) is 1. The van der Waals surface area contributed by atoms with Gasteiger partial charge in [0, 0.05) is 17.1 Å². The van der Waals surface area contributed by atoms with E-state index in [1.807, 2.05) is 79.2 Å². The average Bonchev–Trinajstić information content (AvgIpc) is 3.12. The average molecular weight is 371 g/mol. The second kappa shape index (κ2) is 7.27. The molecule has 0 aliphatic carbocycles. The molecular weight excluding hydrogens is 350 g/mol. The highest BCUT2D eigenvalue weighted by Gasteiger charge is 2.22. The van der Waals surface area contributed by atoms with Crippen LogP contribution in [0.4, 0.5) is 0 Å². The Kier molecular flexibility index (Phi) is 4.65. The predicted molar refractivity (Wildman–Crippen MR) is 110 cm³/mol. The van der Waals surface area contributed by atoms with Gasteiger partial charge in [0.15, 0.2) is 0 Å². The normalized spacial score (nSPS) is 11.0. The minimum Gasteiger partial charge on any atom is -0.462 e. The van der Waals surface area contributed by atoms with E-state index in [-0.39, 0.29) is 0 Å². The number of hydrogen-bond donors (Lipinski definition) is 0. The van der Waals surface area contributed by atoms with Gasteiger partial charge in [-0.1, -0.05) is 48.0 Å². The van der Waals surface area contributed by atoms with Gasteiger partial charge in [0.25, 0.3) is 0 Å². The molecule has 0 fully saturated rings. The molecule has 0 N–H and O–H groups in total. The summed E-state index contributed by atoms with van der Waals surface area (Å²) in [5.41, 5.74) is 4.60. The van der Waals surface area contributed by atoms with Crippen LogP contribution in [0.5, 0.6) is 0 Å². The number of aromatic nitrogens is 3. The second-order valence-electron chi connectivity index (χ2n) is 6.66. The van der Waals surface area contributed by atoms with E-state index in [0.29, 0.717) is 29.5 Å². The Balaban J connectivity index is 1.95. The summed E-state index contributed by atoms with van der Waals surface area (Å²) in [6.45, 7) is 5.94. The summed E-state index contributed by atoms with van der Waals surface area (Å²) in [5.74, 6) is 0.127. The minimum absolute atomic E-state index is 0.301. The number of fused-ring (bicyclic) bond motifs is 1. The van der Waals surface area contributed by atoms with Crippen LogP contribution in [0.2, 0.25) is 0 Å². The quantitative estimate of drug-likeness (QED) is 0.480. The van der Waals surface area contributed by atoms with Crippen molar-refractivity contribution in [2.45, 2.75) is 20.8 Å². The second-order valence-corrected chi connectivity index (χ2v) is 6.66. The maximum absolute atomic E-state index is 12.6. The largest absolute Gasteiger partial charge is 0.462 e. The van der Waals surface area contributed by atoms with Crippen molar-refractivity contribution in [3.8, 4) is 17.2 Å². The molecule has 2 aromatic heterocycles. The van der Waals surface area contributed by atoms with Gasteiger partial charge in [-0.25, -0.2) is 14.8 Å². The van der Waals surface area contributed by atoms with Crippen molar-refractivity contribution < 1.29 is 9.53 Å². The van der Waals surface area contributed by atoms with Crippen LogP contribution in [0.1, 0.15) is 28.5 Å². The fourth-order valence-electron chi connectivity index (χ4n) is 3.29. The first kappa shape index (κ1) is 17.9. The molecule has 0 saturated carbocycles. The van der Waals surface area contributed by atoms with Gasteiger partial charge < -0.3 is 4.74 Å². The molecule has 5 nitrogen and oxygen atoms in total. The number of esters is 1. The molecule has 2 heterocycles. The van der Waals surface area contributed by atoms with E-state index in [1.165, 1.54) is 0 Å². The van der Waals surface area contributed by atoms with Crippen molar-refractivity contribution in [3.05, 3.63) is 77.6 Å². The molecule has 5 heteroatoms. The Morgan fingerprint density at radius 1 is 1.00 bits per heavy atom. The van der Waals surface area contributed by atoms with Gasteiger partial charge in [-0.2, -0.15) is 0 Å². The first-order valence-electron chi connectivity index (χ1n) is 9.27. The topological polar surface area (TPSA) is 57.0 Å². The van der Waals surface area contributed by atoms with Crippen LogP contribution in [0.25, 0.3) is 28.1 Å². The molecule has 0 radical (unpaired) electrons. The Bertz CT molecular complexity index is 1160. The van der Waals surface area contributed by atoms with E-state index in [1.54, 1.807) is 6.92 Å². The van der Waals surface area contributed by atoms with Gasteiger partial charge in [0.2, 0.25) is 5.95 Å². The lowest BCUT2D eigenvalue weighted by Gasteiger charge is -2.14. The monoisotopic (exact) mass is 371 g/mol. The van der Waals surface area contributed by atoms with Gasteiger partial charge in [-0.05, 0) is 32.9 Å². The highest BCUT2D eigenvalue weighted by Crippen LogP contribution is 2.27. The van der Waals surface area contributed by atoms with E-state index < -0.39 is 5.97 Å². The lowest BCUT2D eigenvalue weighted by atomic mass is 10.0. The summed E-state index contributed by atoms with van der Waals surface area (Å²) in [6, 6.07) is 18.0. The Labute approximate surface area is 163 Å². The summed E-state index contributed by atoms with van der Waals surface area (Å²) < 4.78 is 7.21. The highest BCUT2D eigenvalue weighted by molar-refractivity contribution is 5.97. The molecule has 2 aromatic carbocycles. The molecule has 0 aliphatic rings. The number of hydrogen-bond acceptors (Lipinski definition) is 4. The third-order valence-corrected chi connectivity index (χ3v) is 4.70. The Hall–Kier alpha value is -3.47. The SMILES string of the molecule is CCOC(=O)c1c(C)nc(-n2ccc3ccccc32)nc1-c1ccc(C)cc1. The number of nitrogens with zero attached hydrogens (tertiary/aromatic N) is 3. The van der Waals surface area contributed by atoms with Gasteiger partial charge in [-0.15, -0.1) is 0 Å². The van der Waals surface area contributed by atoms with Crippen LogP contribution in [-0.2, 0) is 4.74 Å². The first-order chi connectivity index (χ1) is 13.6. The molecule has 4 rings (SSSR count). The molecule has 140 valence electrons. The molecule has 0 unspecified atom stereocenters. The third kappa shape index (κ3) is 3.16. The van der Waals surface area contributed by atoms with Crippen molar-refractivity contribution in [1.82, 2.24) is 14.5 Å². The molecule has 0 aliphatic heterocycles. The van der Waals surface area contributed by atoms with E-state index in [9.17, 15) is 4.79 Å². The zero-order valence-corrected chi connectivity index (χ0v) is 16.1. The third-order valence-electron chi connectivity index (χ3n) is 4.70. The predicted octanol–water partition coefficient (Wildman–Crippen LogP) is 4.88. The standard InChI is InChI=1S/C23H21N3O2/c1-4-28-22(27)20-16(3)24-23(25-21(20)18-11-9-15(2)10-12-18)26-14-13-17-7-5-6-8-19(17)26/h5-14H,4H2,1-3H3. The van der Waals surface area contributed by atoms with Crippen molar-refractivity contribution in [3.63, 3.8) is 0 Å². The number of carbonyl (C=O) groups excluding carboxylic acids is 1. The number of rotatable bonds is 4. The maximum atomic E-state index is 12.6. The maximum Gasteiger partial charge on any atom is 0.342 e. The van der Waals surface area contributed by atoms with Crippen molar-refractivity contribution in [2.24, 2.45) is 0 Å². The fraction of sp³-hybridized carbons (Fsp3) is 0.174. The molecule has 0 saturated heterocycles. The summed E-state index contributed by atoms with van der Waals surface area (Å²) in [5, 5.41) is 1.11. The fourth-order valence-corrected chi connectivity index (χ4v) is 3.29. The van der Waals surface area contributed by atoms with E-state index in [4.69, 9.17) is 9.72 Å². The van der Waals surface area contributed by atoms with Gasteiger partial charge in [-0.3, -0.25) is 4.57 Å². The lowest BCUT2D eigenvalue weighted by molar-refractivity contribution is 0.0525. The lowest BCUT2D eigenvalue weighted by Crippen LogP contribution is -2.14. The molecule has 0 bridgehead atoms. The molecule has 0 spiro atoms. The van der Waals surface area contributed by atoms with Crippen LogP contribution < -0.4 is 0 Å². The van der Waals surface area contributed by atoms with Crippen LogP contribution in [-0.4, -0.2) is 27.1 Å². The Morgan fingerprint density at radius 3 is 2.50 bits per heavy atom. The zero-order valence-electron chi connectivity index (χ0n) is 16.1. The molecule has 4 aromatic rings. The first-order valence-corrected chi connectivity index (χ1v) is 9.27. The number of para-hydroxylation sites is 1. The summed E-state index contributed by atoms with van der Waals surface area (Å²) in [4.78, 5) is 22.0. The van der Waals surface area contributed by atoms with E-state index in [0.717, 1.165) is 22.0 Å². The van der Waals surface area contributed by atoms with Gasteiger partial charge in [0.1, 0.15) is 5.56 Å². The van der Waals surface area contributed by atoms with Crippen LogP contribution in [0.15, 0.2) is 60.8 Å². The van der Waals surface area contributed by atoms with Crippen molar-refractivity contribution in [1.29, 1.82) is 0 Å². The minimum atomic E-state index is -0.403. The van der Waals surface area contributed by atoms with Crippen molar-refractivity contribution >= 4 is 16.9 Å². The smallest absolute Gasteiger partial charge is 0.342 e. The van der Waals surface area contributed by atoms with Crippen LogP contribution in [0, 0.1) is 13.8 Å². The van der Waals surface area contributed by atoms with E-state index in [2.05, 4.69) is 4.98 Å². The number of carbonyl (C=O) groups is 1. The highest BCUT2D eigenvalue weighted by atomic mass is 16.5. The van der Waals surface area contributed by atoms with Crippen LogP contribution in [0.3, 0.4) is 0 Å².